The third kappa shape index (κ3) is 3.36. The molecule has 1 saturated heterocycles. The van der Waals surface area contributed by atoms with Crippen LogP contribution in [-0.4, -0.2) is 33.9 Å². The van der Waals surface area contributed by atoms with Gasteiger partial charge in [0.15, 0.2) is 0 Å². The highest BCUT2D eigenvalue weighted by Gasteiger charge is 2.29. The molecule has 2 fully saturated rings. The molecule has 2 aliphatic rings. The average molecular weight is 230 g/mol. The number of hydrogen-bond acceptors (Lipinski definition) is 3. The Labute approximate surface area is 96.5 Å². The molecule has 0 spiro atoms. The maximum atomic E-state index is 9.97. The maximum Gasteiger partial charge on any atom is 0.0667 e. The average Bonchev–Trinajstić information content (AvgIpc) is 2.79. The Morgan fingerprint density at radius 2 is 1.87 bits per heavy atom. The number of thioether (sulfide) groups is 1. The molecule has 15 heavy (non-hydrogen) atoms. The van der Waals surface area contributed by atoms with Crippen LogP contribution in [-0.2, 0) is 0 Å². The lowest BCUT2D eigenvalue weighted by Crippen LogP contribution is -2.24. The molecule has 1 saturated carbocycles. The topological polar surface area (TPSA) is 40.5 Å². The van der Waals surface area contributed by atoms with E-state index >= 15 is 0 Å². The van der Waals surface area contributed by atoms with Crippen molar-refractivity contribution in [2.24, 2.45) is 11.8 Å². The highest BCUT2D eigenvalue weighted by atomic mass is 32.2. The lowest BCUT2D eigenvalue weighted by Gasteiger charge is -2.20. The molecule has 1 aliphatic carbocycles. The van der Waals surface area contributed by atoms with E-state index in [1.54, 1.807) is 0 Å². The molecule has 2 nitrogen and oxygen atoms in total. The van der Waals surface area contributed by atoms with Crippen molar-refractivity contribution < 1.29 is 10.2 Å². The van der Waals surface area contributed by atoms with E-state index in [0.717, 1.165) is 30.3 Å². The first-order chi connectivity index (χ1) is 7.25. The zero-order valence-electron chi connectivity index (χ0n) is 9.27. The largest absolute Gasteiger partial charge is 0.393 e. The monoisotopic (exact) mass is 230 g/mol. The van der Waals surface area contributed by atoms with Gasteiger partial charge in [0.1, 0.15) is 0 Å². The van der Waals surface area contributed by atoms with Gasteiger partial charge in [0.05, 0.1) is 12.2 Å². The summed E-state index contributed by atoms with van der Waals surface area (Å²) in [4.78, 5) is 0. The number of aliphatic hydroxyl groups excluding tert-OH is 2. The Morgan fingerprint density at radius 1 is 1.13 bits per heavy atom. The fourth-order valence-corrected chi connectivity index (χ4v) is 4.20. The first kappa shape index (κ1) is 11.7. The number of hydrogen-bond donors (Lipinski definition) is 2. The molecular formula is C12H22O2S. The van der Waals surface area contributed by atoms with E-state index in [1.165, 1.54) is 25.7 Å². The fraction of sp³-hybridized carbons (Fsp3) is 1.00. The van der Waals surface area contributed by atoms with Gasteiger partial charge >= 0.3 is 0 Å². The zero-order valence-corrected chi connectivity index (χ0v) is 10.1. The second-order valence-electron chi connectivity index (χ2n) is 5.14. The molecular weight excluding hydrogens is 208 g/mol. The normalized spacial score (nSPS) is 34.8. The second-order valence-corrected chi connectivity index (χ2v) is 6.22. The molecule has 0 amide bonds. The zero-order chi connectivity index (χ0) is 10.7. The minimum atomic E-state index is -0.175. The van der Waals surface area contributed by atoms with Gasteiger partial charge in [-0.15, -0.1) is 0 Å². The van der Waals surface area contributed by atoms with Gasteiger partial charge in [0.2, 0.25) is 0 Å². The Hall–Kier alpha value is 0.270. The van der Waals surface area contributed by atoms with Crippen molar-refractivity contribution in [2.45, 2.75) is 50.7 Å². The van der Waals surface area contributed by atoms with Crippen molar-refractivity contribution in [1.82, 2.24) is 0 Å². The minimum absolute atomic E-state index is 0.173. The summed E-state index contributed by atoms with van der Waals surface area (Å²) in [6, 6.07) is 0. The van der Waals surface area contributed by atoms with Crippen LogP contribution in [0, 0.1) is 11.8 Å². The van der Waals surface area contributed by atoms with Crippen molar-refractivity contribution in [1.29, 1.82) is 0 Å². The second kappa shape index (κ2) is 5.55. The van der Waals surface area contributed by atoms with Gasteiger partial charge in [-0.25, -0.2) is 0 Å². The highest BCUT2D eigenvalue weighted by Crippen LogP contribution is 2.32. The Bertz CT molecular complexity index is 192. The fourth-order valence-electron chi connectivity index (χ4n) is 2.89. The van der Waals surface area contributed by atoms with Crippen LogP contribution in [0.4, 0.5) is 0 Å². The van der Waals surface area contributed by atoms with E-state index in [1.807, 2.05) is 11.8 Å². The van der Waals surface area contributed by atoms with Gasteiger partial charge in [0, 0.05) is 5.75 Å². The molecule has 1 heterocycles. The molecule has 3 atom stereocenters. The summed E-state index contributed by atoms with van der Waals surface area (Å²) in [5.74, 6) is 2.99. The van der Waals surface area contributed by atoms with Crippen molar-refractivity contribution in [3.8, 4) is 0 Å². The highest BCUT2D eigenvalue weighted by molar-refractivity contribution is 7.99. The van der Waals surface area contributed by atoms with E-state index in [0.29, 0.717) is 5.92 Å². The van der Waals surface area contributed by atoms with Crippen LogP contribution in [0.5, 0.6) is 0 Å². The quantitative estimate of drug-likeness (QED) is 0.776. The summed E-state index contributed by atoms with van der Waals surface area (Å²) in [6.07, 6.45) is 6.73. The van der Waals surface area contributed by atoms with Gasteiger partial charge in [-0.1, -0.05) is 25.7 Å². The molecule has 2 N–H and O–H groups in total. The molecule has 0 aromatic carbocycles. The molecule has 0 aromatic rings. The van der Waals surface area contributed by atoms with E-state index in [2.05, 4.69) is 0 Å². The molecule has 3 unspecified atom stereocenters. The summed E-state index contributed by atoms with van der Waals surface area (Å²) in [5.41, 5.74) is 0. The molecule has 2 rings (SSSR count). The molecule has 88 valence electrons. The number of aliphatic hydroxyl groups is 2. The van der Waals surface area contributed by atoms with E-state index in [9.17, 15) is 10.2 Å². The van der Waals surface area contributed by atoms with Crippen LogP contribution < -0.4 is 0 Å². The molecule has 0 bridgehead atoms. The summed E-state index contributed by atoms with van der Waals surface area (Å²) < 4.78 is 0. The maximum absolute atomic E-state index is 9.97. The molecule has 0 aromatic heterocycles. The van der Waals surface area contributed by atoms with E-state index in [4.69, 9.17) is 0 Å². The van der Waals surface area contributed by atoms with Crippen LogP contribution in [0.15, 0.2) is 0 Å². The smallest absolute Gasteiger partial charge is 0.0667 e. The summed E-state index contributed by atoms with van der Waals surface area (Å²) in [5, 5.41) is 19.6. The van der Waals surface area contributed by atoms with E-state index in [-0.39, 0.29) is 12.2 Å². The minimum Gasteiger partial charge on any atom is -0.393 e. The standard InChI is InChI=1S/C12H22O2S/c13-11(5-9-3-1-2-4-9)6-10-7-15-8-12(10)14/h9-14H,1-8H2. The molecule has 3 heteroatoms. The van der Waals surface area contributed by atoms with Crippen LogP contribution in [0.2, 0.25) is 0 Å². The van der Waals surface area contributed by atoms with Gasteiger partial charge in [-0.2, -0.15) is 11.8 Å². The SMILES string of the molecule is OC(CC1CCCC1)CC1CSCC1O. The molecule has 1 aliphatic heterocycles. The van der Waals surface area contributed by atoms with Gasteiger partial charge in [-0.3, -0.25) is 0 Å². The predicted molar refractivity (Wildman–Crippen MR) is 64.0 cm³/mol. The van der Waals surface area contributed by atoms with E-state index < -0.39 is 0 Å². The van der Waals surface area contributed by atoms with Crippen LogP contribution in [0.3, 0.4) is 0 Å². The summed E-state index contributed by atoms with van der Waals surface area (Å²) in [7, 11) is 0. The van der Waals surface area contributed by atoms with Crippen molar-refractivity contribution in [3.63, 3.8) is 0 Å². The van der Waals surface area contributed by atoms with Gasteiger partial charge in [0.25, 0.3) is 0 Å². The van der Waals surface area contributed by atoms with Crippen LogP contribution >= 0.6 is 11.8 Å². The Balaban J connectivity index is 1.69. The summed E-state index contributed by atoms with van der Waals surface area (Å²) >= 11 is 1.81. The summed E-state index contributed by atoms with van der Waals surface area (Å²) in [6.45, 7) is 0. The number of rotatable bonds is 4. The van der Waals surface area contributed by atoms with Crippen molar-refractivity contribution in [3.05, 3.63) is 0 Å². The lowest BCUT2D eigenvalue weighted by molar-refractivity contribution is 0.0758. The predicted octanol–water partition coefficient (Wildman–Crippen LogP) is 2.04. The Kier molecular flexibility index (Phi) is 4.35. The third-order valence-electron chi connectivity index (χ3n) is 3.82. The van der Waals surface area contributed by atoms with Crippen molar-refractivity contribution in [2.75, 3.05) is 11.5 Å². The lowest BCUT2D eigenvalue weighted by atomic mass is 9.92. The Morgan fingerprint density at radius 3 is 2.47 bits per heavy atom. The van der Waals surface area contributed by atoms with Gasteiger partial charge in [-0.05, 0) is 30.4 Å². The first-order valence-corrected chi connectivity index (χ1v) is 7.35. The van der Waals surface area contributed by atoms with Crippen LogP contribution in [0.25, 0.3) is 0 Å². The van der Waals surface area contributed by atoms with Crippen LogP contribution in [0.1, 0.15) is 38.5 Å². The first-order valence-electron chi connectivity index (χ1n) is 6.19. The van der Waals surface area contributed by atoms with Crippen molar-refractivity contribution >= 4 is 11.8 Å². The molecule has 0 radical (unpaired) electrons. The van der Waals surface area contributed by atoms with Gasteiger partial charge < -0.3 is 10.2 Å². The third-order valence-corrected chi connectivity index (χ3v) is 5.06.